The van der Waals surface area contributed by atoms with Gasteiger partial charge in [-0.3, -0.25) is 0 Å². The average molecular weight is 197 g/mol. The largest absolute Gasteiger partial charge is 0.480 e. The summed E-state index contributed by atoms with van der Waals surface area (Å²) < 4.78 is 37.0. The lowest BCUT2D eigenvalue weighted by Gasteiger charge is -2.40. The van der Waals surface area contributed by atoms with Gasteiger partial charge in [-0.2, -0.15) is 13.2 Å². The Balaban J connectivity index is 2.93. The van der Waals surface area contributed by atoms with Crippen LogP contribution < -0.4 is 5.73 Å². The van der Waals surface area contributed by atoms with Gasteiger partial charge in [0, 0.05) is 0 Å². The molecule has 0 spiro atoms. The van der Waals surface area contributed by atoms with E-state index in [1.807, 2.05) is 0 Å². The van der Waals surface area contributed by atoms with Crippen LogP contribution in [0, 0.1) is 5.92 Å². The molecule has 13 heavy (non-hydrogen) atoms. The van der Waals surface area contributed by atoms with Crippen LogP contribution in [0.4, 0.5) is 13.2 Å². The molecule has 1 aliphatic rings. The van der Waals surface area contributed by atoms with E-state index in [0.717, 1.165) is 0 Å². The molecule has 0 saturated heterocycles. The number of hydrogen-bond donors (Lipinski definition) is 2. The van der Waals surface area contributed by atoms with E-state index in [2.05, 4.69) is 0 Å². The van der Waals surface area contributed by atoms with Crippen molar-refractivity contribution >= 4 is 5.97 Å². The lowest BCUT2D eigenvalue weighted by atomic mass is 9.70. The fourth-order valence-corrected chi connectivity index (χ4v) is 1.39. The van der Waals surface area contributed by atoms with Crippen molar-refractivity contribution in [3.63, 3.8) is 0 Å². The minimum absolute atomic E-state index is 0.238. The average Bonchev–Trinajstić information content (AvgIpc) is 1.79. The number of alkyl halides is 3. The topological polar surface area (TPSA) is 63.3 Å². The van der Waals surface area contributed by atoms with Crippen LogP contribution in [0.15, 0.2) is 0 Å². The first-order valence-corrected chi connectivity index (χ1v) is 3.89. The van der Waals surface area contributed by atoms with Gasteiger partial charge in [-0.05, 0) is 18.8 Å². The third-order valence-electron chi connectivity index (χ3n) is 2.57. The molecule has 76 valence electrons. The van der Waals surface area contributed by atoms with Crippen LogP contribution in [0.25, 0.3) is 0 Å². The van der Waals surface area contributed by atoms with Gasteiger partial charge in [0.1, 0.15) is 0 Å². The maximum atomic E-state index is 12.3. The maximum absolute atomic E-state index is 12.3. The van der Waals surface area contributed by atoms with Crippen LogP contribution in [-0.4, -0.2) is 22.8 Å². The van der Waals surface area contributed by atoms with Crippen LogP contribution in [0.2, 0.25) is 0 Å². The van der Waals surface area contributed by atoms with Crippen LogP contribution in [0.5, 0.6) is 0 Å². The molecule has 0 aromatic carbocycles. The fraction of sp³-hybridized carbons (Fsp3) is 0.857. The van der Waals surface area contributed by atoms with Gasteiger partial charge in [0.25, 0.3) is 0 Å². The van der Waals surface area contributed by atoms with Crippen molar-refractivity contribution in [1.29, 1.82) is 0 Å². The summed E-state index contributed by atoms with van der Waals surface area (Å²) in [6.07, 6.45) is -3.78. The Morgan fingerprint density at radius 1 is 1.38 bits per heavy atom. The molecule has 0 radical (unpaired) electrons. The molecule has 1 saturated carbocycles. The Morgan fingerprint density at radius 2 is 1.85 bits per heavy atom. The van der Waals surface area contributed by atoms with E-state index < -0.39 is 23.6 Å². The summed E-state index contributed by atoms with van der Waals surface area (Å²) in [5.41, 5.74) is 1.85. The summed E-state index contributed by atoms with van der Waals surface area (Å²) in [5.74, 6) is -2.95. The smallest absolute Gasteiger partial charge is 0.417 e. The molecular weight excluding hydrogens is 187 g/mol. The van der Waals surface area contributed by atoms with E-state index >= 15 is 0 Å². The molecule has 3 N–H and O–H groups in total. The van der Waals surface area contributed by atoms with Crippen molar-refractivity contribution in [3.8, 4) is 0 Å². The predicted octanol–water partition coefficient (Wildman–Crippen LogP) is 1.13. The second kappa shape index (κ2) is 2.87. The third kappa shape index (κ3) is 1.39. The number of aliphatic carboxylic acids is 1. The molecule has 1 atom stereocenters. The van der Waals surface area contributed by atoms with E-state index in [-0.39, 0.29) is 12.8 Å². The van der Waals surface area contributed by atoms with Gasteiger partial charge in [-0.15, -0.1) is 0 Å². The normalized spacial score (nSPS) is 23.4. The molecule has 1 fully saturated rings. The van der Waals surface area contributed by atoms with Gasteiger partial charge in [0.15, 0.2) is 0 Å². The van der Waals surface area contributed by atoms with Crippen LogP contribution in [-0.2, 0) is 4.79 Å². The second-order valence-electron chi connectivity index (χ2n) is 3.30. The SMILES string of the molecule is NC(C(=O)O)(C1CCC1)C(F)(F)F. The number of nitrogens with two attached hydrogens (primary N) is 1. The first kappa shape index (κ1) is 10.3. The summed E-state index contributed by atoms with van der Waals surface area (Å²) >= 11 is 0. The molecule has 0 bridgehead atoms. The lowest BCUT2D eigenvalue weighted by Crippen LogP contribution is -2.65. The Morgan fingerprint density at radius 3 is 1.92 bits per heavy atom. The van der Waals surface area contributed by atoms with E-state index in [4.69, 9.17) is 10.8 Å². The summed E-state index contributed by atoms with van der Waals surface area (Å²) in [5, 5.41) is 8.46. The highest BCUT2D eigenvalue weighted by molar-refractivity contribution is 5.80. The van der Waals surface area contributed by atoms with Gasteiger partial charge >= 0.3 is 12.1 Å². The number of carboxylic acid groups (broad SMARTS) is 1. The Kier molecular flexibility index (Phi) is 2.27. The summed E-state index contributed by atoms with van der Waals surface area (Å²) in [6, 6.07) is 0. The van der Waals surface area contributed by atoms with Crippen LogP contribution in [0.1, 0.15) is 19.3 Å². The van der Waals surface area contributed by atoms with Gasteiger partial charge in [-0.1, -0.05) is 6.42 Å². The predicted molar refractivity (Wildman–Crippen MR) is 38.0 cm³/mol. The Bertz CT molecular complexity index is 224. The zero-order chi connectivity index (χ0) is 10.3. The Labute approximate surface area is 72.7 Å². The summed E-state index contributed by atoms with van der Waals surface area (Å²) in [4.78, 5) is 10.5. The van der Waals surface area contributed by atoms with Gasteiger partial charge in [0.05, 0.1) is 0 Å². The standard InChI is InChI=1S/C7H10F3NO2/c8-7(9,10)6(11,5(12)13)4-2-1-3-4/h4H,1-3,11H2,(H,12,13). The number of rotatable bonds is 2. The first-order chi connectivity index (χ1) is 5.80. The molecule has 6 heteroatoms. The Hall–Kier alpha value is -0.780. The first-order valence-electron chi connectivity index (χ1n) is 3.89. The van der Waals surface area contributed by atoms with E-state index in [1.165, 1.54) is 0 Å². The maximum Gasteiger partial charge on any atom is 0.417 e. The summed E-state index contributed by atoms with van der Waals surface area (Å²) in [6.45, 7) is 0. The lowest BCUT2D eigenvalue weighted by molar-refractivity contribution is -0.218. The third-order valence-corrected chi connectivity index (χ3v) is 2.57. The molecule has 0 aliphatic heterocycles. The number of hydrogen-bond acceptors (Lipinski definition) is 2. The van der Waals surface area contributed by atoms with Crippen molar-refractivity contribution < 1.29 is 23.1 Å². The van der Waals surface area contributed by atoms with E-state index in [1.54, 1.807) is 0 Å². The zero-order valence-electron chi connectivity index (χ0n) is 6.77. The fourth-order valence-electron chi connectivity index (χ4n) is 1.39. The van der Waals surface area contributed by atoms with Gasteiger partial charge in [0.2, 0.25) is 5.54 Å². The second-order valence-corrected chi connectivity index (χ2v) is 3.30. The monoisotopic (exact) mass is 197 g/mol. The van der Waals surface area contributed by atoms with Gasteiger partial charge < -0.3 is 10.8 Å². The minimum Gasteiger partial charge on any atom is -0.480 e. The quantitative estimate of drug-likeness (QED) is 0.697. The highest BCUT2D eigenvalue weighted by Crippen LogP contribution is 2.43. The molecule has 0 aromatic heterocycles. The molecule has 0 aromatic rings. The molecule has 0 heterocycles. The molecule has 1 rings (SSSR count). The van der Waals surface area contributed by atoms with Crippen LogP contribution >= 0.6 is 0 Å². The highest BCUT2D eigenvalue weighted by atomic mass is 19.4. The van der Waals surface area contributed by atoms with Crippen LogP contribution in [0.3, 0.4) is 0 Å². The molecule has 0 amide bonds. The number of halogens is 3. The summed E-state index contributed by atoms with van der Waals surface area (Å²) in [7, 11) is 0. The highest BCUT2D eigenvalue weighted by Gasteiger charge is 2.63. The number of carboxylic acids is 1. The van der Waals surface area contributed by atoms with Crippen molar-refractivity contribution in [3.05, 3.63) is 0 Å². The van der Waals surface area contributed by atoms with Crippen molar-refractivity contribution in [2.45, 2.75) is 31.0 Å². The molecule has 1 aliphatic carbocycles. The molecule has 3 nitrogen and oxygen atoms in total. The van der Waals surface area contributed by atoms with Crippen molar-refractivity contribution in [2.75, 3.05) is 0 Å². The van der Waals surface area contributed by atoms with Crippen molar-refractivity contribution in [1.82, 2.24) is 0 Å². The van der Waals surface area contributed by atoms with Gasteiger partial charge in [-0.25, -0.2) is 4.79 Å². The molecular formula is C7H10F3NO2. The van der Waals surface area contributed by atoms with E-state index in [0.29, 0.717) is 6.42 Å². The minimum atomic E-state index is -4.87. The van der Waals surface area contributed by atoms with E-state index in [9.17, 15) is 18.0 Å². The zero-order valence-corrected chi connectivity index (χ0v) is 6.77. The van der Waals surface area contributed by atoms with Crippen molar-refractivity contribution in [2.24, 2.45) is 11.7 Å². The number of carbonyl (C=O) groups is 1. The molecule has 1 unspecified atom stereocenters.